The van der Waals surface area contributed by atoms with Gasteiger partial charge < -0.3 is 18.9 Å². The summed E-state index contributed by atoms with van der Waals surface area (Å²) in [5, 5.41) is 0. The lowest BCUT2D eigenvalue weighted by molar-refractivity contribution is 0.160. The average Bonchev–Trinajstić information content (AvgIpc) is 3.64. The summed E-state index contributed by atoms with van der Waals surface area (Å²) in [4.78, 5) is 1.28. The first-order chi connectivity index (χ1) is 20.3. The number of ether oxygens (including phenoxy) is 4. The maximum atomic E-state index is 14.7. The van der Waals surface area contributed by atoms with Gasteiger partial charge in [0.1, 0.15) is 15.9 Å². The molecule has 0 N–H and O–H groups in total. The molecule has 0 aromatic heterocycles. The largest absolute Gasteiger partial charge is 0.496 e. The number of methoxy groups -OCH3 is 3. The molecule has 220 valence electrons. The number of aryl methyl sites for hydroxylation is 2. The number of hydrogen-bond acceptors (Lipinski definition) is 6. The molecule has 0 aliphatic heterocycles. The summed E-state index contributed by atoms with van der Waals surface area (Å²) < 4.78 is 51.9. The molecule has 0 amide bonds. The van der Waals surface area contributed by atoms with E-state index in [0.717, 1.165) is 16.7 Å². The standard InChI is InChI=1S/C34H36O6S2/c1-22-12-16-27(17-13-22)41(35)34(42(36)28-18-14-23(2)15-19-28)24(3)31(34)32(25-10-8-7-9-11-25)40-33-29(38-5)20-26(37-4)21-30(33)39-6/h7-21,24,31-32H,1-6H3/t24-,31-,32?,34?,41?,42?/m1/s1. The Morgan fingerprint density at radius 1 is 0.690 bits per heavy atom. The molecule has 1 aliphatic rings. The summed E-state index contributed by atoms with van der Waals surface area (Å²) in [6, 6.07) is 28.5. The van der Waals surface area contributed by atoms with Crippen LogP contribution in [-0.4, -0.2) is 33.8 Å². The number of benzene rings is 4. The fraction of sp³-hybridized carbons (Fsp3) is 0.294. The van der Waals surface area contributed by atoms with Crippen molar-refractivity contribution in [2.45, 2.75) is 40.7 Å². The van der Waals surface area contributed by atoms with Gasteiger partial charge in [0.25, 0.3) is 0 Å². The molecule has 1 fully saturated rings. The molecule has 1 aliphatic carbocycles. The molecule has 0 saturated heterocycles. The molecule has 6 nitrogen and oxygen atoms in total. The summed E-state index contributed by atoms with van der Waals surface area (Å²) in [6.45, 7) is 6.00. The first kappa shape index (κ1) is 29.9. The smallest absolute Gasteiger partial charge is 0.204 e. The molecule has 5 atom stereocenters. The quantitative estimate of drug-likeness (QED) is 0.183. The van der Waals surface area contributed by atoms with E-state index in [9.17, 15) is 8.42 Å². The summed E-state index contributed by atoms with van der Waals surface area (Å²) >= 11 is 0. The van der Waals surface area contributed by atoms with Crippen LogP contribution in [0.4, 0.5) is 0 Å². The van der Waals surface area contributed by atoms with Crippen molar-refractivity contribution in [2.24, 2.45) is 11.8 Å². The van der Waals surface area contributed by atoms with E-state index in [-0.39, 0.29) is 11.8 Å². The Labute approximate surface area is 252 Å². The lowest BCUT2D eigenvalue weighted by Gasteiger charge is -2.26. The third-order valence-corrected chi connectivity index (χ3v) is 12.7. The third-order valence-electron chi connectivity index (χ3n) is 7.95. The van der Waals surface area contributed by atoms with Crippen LogP contribution >= 0.6 is 0 Å². The van der Waals surface area contributed by atoms with Gasteiger partial charge in [0.15, 0.2) is 11.5 Å². The van der Waals surface area contributed by atoms with Gasteiger partial charge in [0.05, 0.1) is 42.9 Å². The Morgan fingerprint density at radius 2 is 1.17 bits per heavy atom. The molecule has 0 bridgehead atoms. The Hall–Kier alpha value is -3.62. The van der Waals surface area contributed by atoms with Crippen molar-refractivity contribution < 1.29 is 27.4 Å². The molecule has 1 saturated carbocycles. The molecule has 0 spiro atoms. The monoisotopic (exact) mass is 604 g/mol. The molecule has 3 unspecified atom stereocenters. The van der Waals surface area contributed by atoms with E-state index in [1.54, 1.807) is 33.5 Å². The fourth-order valence-electron chi connectivity index (χ4n) is 5.56. The summed E-state index contributed by atoms with van der Waals surface area (Å²) in [6.07, 6.45) is -0.610. The number of hydrogen-bond donors (Lipinski definition) is 0. The second-order valence-electron chi connectivity index (χ2n) is 10.5. The van der Waals surface area contributed by atoms with Crippen LogP contribution in [0.2, 0.25) is 0 Å². The van der Waals surface area contributed by atoms with E-state index in [1.807, 2.05) is 99.6 Å². The zero-order valence-corrected chi connectivity index (χ0v) is 26.3. The molecular weight excluding hydrogens is 569 g/mol. The molecule has 0 heterocycles. The molecule has 8 heteroatoms. The second kappa shape index (κ2) is 12.3. The minimum atomic E-state index is -1.62. The van der Waals surface area contributed by atoms with Gasteiger partial charge in [-0.1, -0.05) is 72.6 Å². The van der Waals surface area contributed by atoms with Crippen molar-refractivity contribution in [3.05, 3.63) is 108 Å². The van der Waals surface area contributed by atoms with Gasteiger partial charge in [-0.3, -0.25) is 8.42 Å². The third kappa shape index (κ3) is 5.34. The summed E-state index contributed by atoms with van der Waals surface area (Å²) in [5.41, 5.74) is 3.00. The Bertz CT molecular complexity index is 1500. The fourth-order valence-corrected chi connectivity index (χ4v) is 10.2. The highest BCUT2D eigenvalue weighted by Gasteiger charge is 2.74. The van der Waals surface area contributed by atoms with E-state index in [2.05, 4.69) is 0 Å². The first-order valence-corrected chi connectivity index (χ1v) is 16.0. The lowest BCUT2D eigenvalue weighted by atomic mass is 10.0. The van der Waals surface area contributed by atoms with E-state index in [1.165, 1.54) is 0 Å². The van der Waals surface area contributed by atoms with Gasteiger partial charge in [-0.25, -0.2) is 0 Å². The van der Waals surface area contributed by atoms with Gasteiger partial charge in [-0.2, -0.15) is 0 Å². The predicted octanol–water partition coefficient (Wildman–Crippen LogP) is 7.03. The van der Waals surface area contributed by atoms with Crippen LogP contribution in [0.5, 0.6) is 23.0 Å². The highest BCUT2D eigenvalue weighted by molar-refractivity contribution is 8.05. The van der Waals surface area contributed by atoms with Crippen molar-refractivity contribution >= 4 is 21.6 Å². The van der Waals surface area contributed by atoms with Crippen molar-refractivity contribution in [1.29, 1.82) is 0 Å². The van der Waals surface area contributed by atoms with Crippen LogP contribution in [0, 0.1) is 25.7 Å². The van der Waals surface area contributed by atoms with Crippen LogP contribution < -0.4 is 18.9 Å². The summed E-state index contributed by atoms with van der Waals surface area (Å²) in [5.74, 6) is 1.23. The molecule has 4 aromatic rings. The van der Waals surface area contributed by atoms with Crippen LogP contribution in [0.15, 0.2) is 101 Å². The minimum absolute atomic E-state index is 0.220. The van der Waals surface area contributed by atoms with Crippen LogP contribution in [-0.2, 0) is 21.6 Å². The van der Waals surface area contributed by atoms with Gasteiger partial charge >= 0.3 is 0 Å². The molecule has 42 heavy (non-hydrogen) atoms. The first-order valence-electron chi connectivity index (χ1n) is 13.7. The molecule has 5 rings (SSSR count). The zero-order chi connectivity index (χ0) is 30.0. The normalized spacial score (nSPS) is 21.6. The highest BCUT2D eigenvalue weighted by Crippen LogP contribution is 2.65. The molecular formula is C34H36O6S2. The maximum Gasteiger partial charge on any atom is 0.204 e. The maximum absolute atomic E-state index is 14.7. The predicted molar refractivity (Wildman–Crippen MR) is 166 cm³/mol. The Morgan fingerprint density at radius 3 is 1.60 bits per heavy atom. The number of rotatable bonds is 11. The van der Waals surface area contributed by atoms with Crippen LogP contribution in [0.25, 0.3) is 0 Å². The minimum Gasteiger partial charge on any atom is -0.496 e. The molecule has 0 radical (unpaired) electrons. The van der Waals surface area contributed by atoms with Gasteiger partial charge in [0.2, 0.25) is 5.75 Å². The van der Waals surface area contributed by atoms with Gasteiger partial charge in [0, 0.05) is 27.8 Å². The summed E-state index contributed by atoms with van der Waals surface area (Å²) in [7, 11) is 1.44. The highest BCUT2D eigenvalue weighted by atomic mass is 32.2. The van der Waals surface area contributed by atoms with Crippen molar-refractivity contribution in [2.75, 3.05) is 21.3 Å². The van der Waals surface area contributed by atoms with Crippen molar-refractivity contribution in [3.63, 3.8) is 0 Å². The zero-order valence-electron chi connectivity index (χ0n) is 24.7. The van der Waals surface area contributed by atoms with Crippen molar-refractivity contribution in [3.8, 4) is 23.0 Å². The van der Waals surface area contributed by atoms with E-state index in [4.69, 9.17) is 18.9 Å². The van der Waals surface area contributed by atoms with Crippen molar-refractivity contribution in [1.82, 2.24) is 0 Å². The SMILES string of the molecule is COc1cc(OC)c(OC(c2ccccc2)[C@H]2[C@@H](C)C2(S(=O)c2ccc(C)cc2)S(=O)c2ccc(C)cc2)c(OC)c1. The second-order valence-corrected chi connectivity index (χ2v) is 14.1. The molecule has 4 aromatic carbocycles. The van der Waals surface area contributed by atoms with E-state index < -0.39 is 31.8 Å². The Kier molecular flexibility index (Phi) is 8.76. The van der Waals surface area contributed by atoms with E-state index >= 15 is 0 Å². The topological polar surface area (TPSA) is 71.1 Å². The van der Waals surface area contributed by atoms with E-state index in [0.29, 0.717) is 32.8 Å². The van der Waals surface area contributed by atoms with Gasteiger partial charge in [-0.05, 0) is 49.6 Å². The Balaban J connectivity index is 1.67. The van der Waals surface area contributed by atoms with Crippen LogP contribution in [0.1, 0.15) is 29.7 Å². The van der Waals surface area contributed by atoms with Gasteiger partial charge in [-0.15, -0.1) is 0 Å². The van der Waals surface area contributed by atoms with Crippen LogP contribution in [0.3, 0.4) is 0 Å². The average molecular weight is 605 g/mol. The lowest BCUT2D eigenvalue weighted by Crippen LogP contribution is -2.30.